The van der Waals surface area contributed by atoms with Gasteiger partial charge in [0.2, 0.25) is 23.6 Å². The van der Waals surface area contributed by atoms with E-state index >= 15 is 0 Å². The summed E-state index contributed by atoms with van der Waals surface area (Å²) in [5, 5.41) is 11.5. The van der Waals surface area contributed by atoms with Crippen LogP contribution in [0, 0.1) is 29.6 Å². The third-order valence-electron chi connectivity index (χ3n) is 10.0. The minimum atomic E-state index is -1.50. The summed E-state index contributed by atoms with van der Waals surface area (Å²) in [5.74, 6) is -4.53. The maximum atomic E-state index is 14.2. The molecule has 0 radical (unpaired) electrons. The Hall–Kier alpha value is -2.69. The van der Waals surface area contributed by atoms with Crippen molar-refractivity contribution in [1.82, 2.24) is 21.3 Å². The van der Waals surface area contributed by atoms with E-state index in [2.05, 4.69) is 21.3 Å². The van der Waals surface area contributed by atoms with E-state index < -0.39 is 74.7 Å². The van der Waals surface area contributed by atoms with E-state index in [1.165, 1.54) is 0 Å². The lowest BCUT2D eigenvalue weighted by Gasteiger charge is -2.44. The Morgan fingerprint density at radius 1 is 0.444 bits per heavy atom. The van der Waals surface area contributed by atoms with Gasteiger partial charge in [0, 0.05) is 0 Å². The van der Waals surface area contributed by atoms with Crippen LogP contribution in [0.5, 0.6) is 0 Å². The number of rotatable bonds is 14. The number of hydrogen-bond donors (Lipinski definition) is 5. The van der Waals surface area contributed by atoms with Crippen LogP contribution in [0.1, 0.15) is 125 Å². The predicted octanol–water partition coefficient (Wildman–Crippen LogP) is 3.83. The molecule has 11 heteroatoms. The van der Waals surface area contributed by atoms with E-state index in [1.54, 1.807) is 111 Å². The van der Waals surface area contributed by atoms with E-state index in [-0.39, 0.29) is 17.8 Å². The van der Waals surface area contributed by atoms with Crippen LogP contribution >= 0.6 is 0 Å². The molecule has 0 spiro atoms. The number of amides is 4. The van der Waals surface area contributed by atoms with Crippen LogP contribution in [0.4, 0.5) is 0 Å². The number of carbonyl (C=O) groups excluding carboxylic acids is 5. The molecule has 0 aromatic heterocycles. The van der Waals surface area contributed by atoms with Crippen molar-refractivity contribution < 1.29 is 28.7 Å². The Balaban J connectivity index is 6.55. The second kappa shape index (κ2) is 14.4. The van der Waals surface area contributed by atoms with Crippen molar-refractivity contribution in [2.45, 2.75) is 158 Å². The van der Waals surface area contributed by atoms with Crippen LogP contribution in [0.2, 0.25) is 0 Å². The quantitative estimate of drug-likeness (QED) is 0.180. The van der Waals surface area contributed by atoms with Crippen molar-refractivity contribution in [1.29, 1.82) is 0 Å². The van der Waals surface area contributed by atoms with Crippen LogP contribution in [0.3, 0.4) is 0 Å². The summed E-state index contributed by atoms with van der Waals surface area (Å²) < 4.78 is 5.63. The molecule has 0 saturated heterocycles. The highest BCUT2D eigenvalue weighted by molar-refractivity contribution is 6.01. The average Bonchev–Trinajstić information content (AvgIpc) is 2.86. The number of carbonyl (C=O) groups is 5. The summed E-state index contributed by atoms with van der Waals surface area (Å²) in [6, 6.07) is 0. The topological polar surface area (TPSA) is 169 Å². The molecule has 0 bridgehead atoms. The first-order chi connectivity index (χ1) is 19.9. The molecule has 0 unspecified atom stereocenters. The van der Waals surface area contributed by atoms with E-state index in [9.17, 15) is 24.0 Å². The zero-order valence-corrected chi connectivity index (χ0v) is 31.4. The number of nitrogens with two attached hydrogens (primary N) is 1. The molecule has 4 amide bonds. The highest BCUT2D eigenvalue weighted by atomic mass is 16.6. The molecule has 0 aromatic rings. The average molecular weight is 640 g/mol. The lowest BCUT2D eigenvalue weighted by Crippen LogP contribution is -2.73. The maximum absolute atomic E-state index is 14.2. The van der Waals surface area contributed by atoms with Crippen molar-refractivity contribution in [3.05, 3.63) is 0 Å². The molecule has 0 saturated carbocycles. The van der Waals surface area contributed by atoms with Crippen LogP contribution < -0.4 is 27.0 Å². The van der Waals surface area contributed by atoms with E-state index in [1.807, 2.05) is 13.8 Å². The first kappa shape index (κ1) is 42.3. The maximum Gasteiger partial charge on any atom is 0.332 e. The molecule has 45 heavy (non-hydrogen) atoms. The van der Waals surface area contributed by atoms with Gasteiger partial charge in [0.25, 0.3) is 0 Å². The standard InChI is InChI=1S/C34H65N5O6/c1-19(2)30(14,35)24(40)36-31(15,20(3)4)25(41)37-32(16,21(5)6)26(42)38-33(17,22(7)8)27(43)39-34(18,23(9)10)28(44)45-29(11,12)13/h19-23H,35H2,1-18H3,(H,36,40)(H,37,41)(H,38,42)(H,39,43)/t30-,31-,32-,33-,34-/m0/s1. The molecular weight excluding hydrogens is 574 g/mol. The molecule has 0 fully saturated rings. The van der Waals surface area contributed by atoms with Gasteiger partial charge in [-0.25, -0.2) is 4.79 Å². The van der Waals surface area contributed by atoms with Gasteiger partial charge in [0.15, 0.2) is 0 Å². The summed E-state index contributed by atoms with van der Waals surface area (Å²) in [7, 11) is 0. The van der Waals surface area contributed by atoms with Gasteiger partial charge in [-0.15, -0.1) is 0 Å². The van der Waals surface area contributed by atoms with Crippen molar-refractivity contribution in [3.63, 3.8) is 0 Å². The van der Waals surface area contributed by atoms with Crippen LogP contribution in [0.15, 0.2) is 0 Å². The normalized spacial score (nSPS) is 19.1. The van der Waals surface area contributed by atoms with Gasteiger partial charge < -0.3 is 31.7 Å². The smallest absolute Gasteiger partial charge is 0.332 e. The molecule has 0 aliphatic rings. The summed E-state index contributed by atoms with van der Waals surface area (Å²) in [6.07, 6.45) is 0. The molecular formula is C34H65N5O6. The highest BCUT2D eigenvalue weighted by Gasteiger charge is 2.51. The molecule has 0 rings (SSSR count). The minimum absolute atomic E-state index is 0.198. The highest BCUT2D eigenvalue weighted by Crippen LogP contribution is 2.28. The molecule has 6 N–H and O–H groups in total. The van der Waals surface area contributed by atoms with Gasteiger partial charge in [-0.1, -0.05) is 69.2 Å². The second-order valence-corrected chi connectivity index (χ2v) is 16.2. The Morgan fingerprint density at radius 3 is 0.911 bits per heavy atom. The predicted molar refractivity (Wildman–Crippen MR) is 179 cm³/mol. The number of nitrogens with one attached hydrogen (secondary N) is 4. The fourth-order valence-electron chi connectivity index (χ4n) is 3.93. The van der Waals surface area contributed by atoms with Gasteiger partial charge in [0.1, 0.15) is 27.8 Å². The number of ether oxygens (including phenoxy) is 1. The number of esters is 1. The molecule has 0 aromatic carbocycles. The van der Waals surface area contributed by atoms with Crippen molar-refractivity contribution in [2.24, 2.45) is 35.3 Å². The third-order valence-corrected chi connectivity index (χ3v) is 10.0. The lowest BCUT2D eigenvalue weighted by molar-refractivity contribution is -0.167. The zero-order chi connectivity index (χ0) is 36.3. The summed E-state index contributed by atoms with van der Waals surface area (Å²) >= 11 is 0. The Morgan fingerprint density at radius 2 is 0.689 bits per heavy atom. The Bertz CT molecular complexity index is 1110. The van der Waals surface area contributed by atoms with E-state index in [0.717, 1.165) is 0 Å². The monoisotopic (exact) mass is 639 g/mol. The summed E-state index contributed by atoms with van der Waals surface area (Å²) in [5.41, 5.74) is -1.47. The molecule has 11 nitrogen and oxygen atoms in total. The molecule has 0 aliphatic carbocycles. The zero-order valence-electron chi connectivity index (χ0n) is 31.4. The first-order valence-electron chi connectivity index (χ1n) is 16.2. The fraction of sp³-hybridized carbons (Fsp3) is 0.853. The summed E-state index contributed by atoms with van der Waals surface area (Å²) in [6.45, 7) is 31.3. The van der Waals surface area contributed by atoms with Crippen LogP contribution in [0.25, 0.3) is 0 Å². The summed E-state index contributed by atoms with van der Waals surface area (Å²) in [4.78, 5) is 68.6. The van der Waals surface area contributed by atoms with Gasteiger partial charge in [0.05, 0.1) is 5.54 Å². The third kappa shape index (κ3) is 9.42. The van der Waals surface area contributed by atoms with E-state index in [0.29, 0.717) is 0 Å². The van der Waals surface area contributed by atoms with Gasteiger partial charge in [-0.05, 0) is 85.0 Å². The van der Waals surface area contributed by atoms with Gasteiger partial charge in [-0.3, -0.25) is 19.2 Å². The van der Waals surface area contributed by atoms with Crippen molar-refractivity contribution in [3.8, 4) is 0 Å². The molecule has 0 aliphatic heterocycles. The van der Waals surface area contributed by atoms with E-state index in [4.69, 9.17) is 10.5 Å². The largest absolute Gasteiger partial charge is 0.458 e. The van der Waals surface area contributed by atoms with Crippen LogP contribution in [-0.4, -0.2) is 62.9 Å². The van der Waals surface area contributed by atoms with Crippen LogP contribution in [-0.2, 0) is 28.7 Å². The van der Waals surface area contributed by atoms with Crippen molar-refractivity contribution >= 4 is 29.6 Å². The number of hydrogen-bond acceptors (Lipinski definition) is 7. The molecule has 262 valence electrons. The second-order valence-electron chi connectivity index (χ2n) is 16.2. The molecule has 0 heterocycles. The van der Waals surface area contributed by atoms with Gasteiger partial charge in [-0.2, -0.15) is 0 Å². The SMILES string of the molecule is CC(C)[C@](C)(N)C(=O)N[C@](C)(C(=O)N[C@](C)(C(=O)N[C@](C)(C(=O)N[C@](C)(C(=O)OC(C)(C)C)C(C)C)C(C)C)C(C)C)C(C)C. The van der Waals surface area contributed by atoms with Gasteiger partial charge >= 0.3 is 5.97 Å². The molecule has 5 atom stereocenters. The Kier molecular flexibility index (Phi) is 13.5. The minimum Gasteiger partial charge on any atom is -0.458 e. The lowest BCUT2D eigenvalue weighted by atomic mass is 9.79. The van der Waals surface area contributed by atoms with Crippen molar-refractivity contribution in [2.75, 3.05) is 0 Å². The fourth-order valence-corrected chi connectivity index (χ4v) is 3.93. The first-order valence-corrected chi connectivity index (χ1v) is 16.2. The Labute approximate surface area is 272 Å².